The van der Waals surface area contributed by atoms with Crippen molar-refractivity contribution in [3.05, 3.63) is 18.1 Å². The third-order valence-electron chi connectivity index (χ3n) is 2.72. The summed E-state index contributed by atoms with van der Waals surface area (Å²) < 4.78 is 4.59. The highest BCUT2D eigenvalue weighted by atomic mass is 16.5. The second-order valence-electron chi connectivity index (χ2n) is 3.96. The monoisotopic (exact) mass is 236 g/mol. The molecule has 0 spiro atoms. The molecule has 1 fully saturated rings. The largest absolute Gasteiger partial charge is 0.464 e. The first kappa shape index (κ1) is 11.8. The van der Waals surface area contributed by atoms with Gasteiger partial charge in [0, 0.05) is 12.6 Å². The Bertz CT molecular complexity index is 391. The molecule has 0 saturated carbocycles. The summed E-state index contributed by atoms with van der Waals surface area (Å²) in [5, 5.41) is 6.54. The molecule has 17 heavy (non-hydrogen) atoms. The predicted molar refractivity (Wildman–Crippen MR) is 62.9 cm³/mol. The van der Waals surface area contributed by atoms with Crippen LogP contribution < -0.4 is 10.6 Å². The zero-order valence-corrected chi connectivity index (χ0v) is 9.77. The third kappa shape index (κ3) is 3.13. The van der Waals surface area contributed by atoms with Crippen molar-refractivity contribution < 1.29 is 9.53 Å². The Kier molecular flexibility index (Phi) is 3.87. The third-order valence-corrected chi connectivity index (χ3v) is 2.72. The molecule has 1 unspecified atom stereocenters. The van der Waals surface area contributed by atoms with E-state index < -0.39 is 5.97 Å². The molecule has 0 radical (unpaired) electrons. The number of anilines is 1. The number of hydrogen-bond donors (Lipinski definition) is 2. The van der Waals surface area contributed by atoms with Gasteiger partial charge in [-0.1, -0.05) is 0 Å². The lowest BCUT2D eigenvalue weighted by atomic mass is 10.2. The molecule has 6 nitrogen and oxygen atoms in total. The lowest BCUT2D eigenvalue weighted by Crippen LogP contribution is -2.29. The van der Waals surface area contributed by atoms with Crippen molar-refractivity contribution in [2.24, 2.45) is 0 Å². The number of hydrogen-bond acceptors (Lipinski definition) is 6. The fourth-order valence-electron chi connectivity index (χ4n) is 1.81. The van der Waals surface area contributed by atoms with Crippen LogP contribution in [0.5, 0.6) is 0 Å². The van der Waals surface area contributed by atoms with Crippen LogP contribution in [0, 0.1) is 0 Å². The number of carbonyl (C=O) groups excluding carboxylic acids is 1. The van der Waals surface area contributed by atoms with E-state index in [0.717, 1.165) is 19.5 Å². The van der Waals surface area contributed by atoms with Gasteiger partial charge in [0.05, 0.1) is 19.5 Å². The maximum atomic E-state index is 11.3. The second kappa shape index (κ2) is 5.58. The van der Waals surface area contributed by atoms with Crippen LogP contribution in [-0.2, 0) is 4.74 Å². The normalized spacial score (nSPS) is 19.0. The lowest BCUT2D eigenvalue weighted by Gasteiger charge is -2.11. The Morgan fingerprint density at radius 1 is 1.65 bits per heavy atom. The summed E-state index contributed by atoms with van der Waals surface area (Å²) in [6.45, 7) is 1.86. The molecule has 1 aromatic heterocycles. The molecule has 2 N–H and O–H groups in total. The summed E-state index contributed by atoms with van der Waals surface area (Å²) in [6, 6.07) is 0.471. The summed E-state index contributed by atoms with van der Waals surface area (Å²) in [7, 11) is 1.33. The number of rotatable bonds is 4. The molecular formula is C11H16N4O2. The Balaban J connectivity index is 1.93. The molecule has 6 heteroatoms. The number of methoxy groups -OCH3 is 1. The average molecular weight is 236 g/mol. The van der Waals surface area contributed by atoms with Gasteiger partial charge in [0.15, 0.2) is 5.69 Å². The molecule has 2 heterocycles. The van der Waals surface area contributed by atoms with Crippen LogP contribution in [0.15, 0.2) is 12.4 Å². The van der Waals surface area contributed by atoms with Gasteiger partial charge in [-0.25, -0.2) is 9.78 Å². The minimum absolute atomic E-state index is 0.219. The van der Waals surface area contributed by atoms with Crippen LogP contribution in [-0.4, -0.2) is 42.2 Å². The van der Waals surface area contributed by atoms with Gasteiger partial charge in [-0.05, 0) is 19.4 Å². The Morgan fingerprint density at radius 2 is 2.53 bits per heavy atom. The topological polar surface area (TPSA) is 76.1 Å². The quantitative estimate of drug-likeness (QED) is 0.738. The van der Waals surface area contributed by atoms with Crippen molar-refractivity contribution in [2.75, 3.05) is 25.5 Å². The van der Waals surface area contributed by atoms with Crippen LogP contribution in [0.25, 0.3) is 0 Å². The maximum absolute atomic E-state index is 11.3. The van der Waals surface area contributed by atoms with E-state index in [-0.39, 0.29) is 5.69 Å². The lowest BCUT2D eigenvalue weighted by molar-refractivity contribution is 0.0593. The summed E-state index contributed by atoms with van der Waals surface area (Å²) >= 11 is 0. The van der Waals surface area contributed by atoms with Crippen molar-refractivity contribution in [1.29, 1.82) is 0 Å². The van der Waals surface area contributed by atoms with Crippen molar-refractivity contribution in [3.8, 4) is 0 Å². The van der Waals surface area contributed by atoms with Crippen LogP contribution >= 0.6 is 0 Å². The minimum Gasteiger partial charge on any atom is -0.464 e. The van der Waals surface area contributed by atoms with Crippen molar-refractivity contribution in [2.45, 2.75) is 18.9 Å². The van der Waals surface area contributed by atoms with E-state index in [4.69, 9.17) is 0 Å². The van der Waals surface area contributed by atoms with Gasteiger partial charge < -0.3 is 15.4 Å². The molecular weight excluding hydrogens is 220 g/mol. The fourth-order valence-corrected chi connectivity index (χ4v) is 1.81. The van der Waals surface area contributed by atoms with Crippen molar-refractivity contribution in [1.82, 2.24) is 15.3 Å². The highest BCUT2D eigenvalue weighted by Gasteiger charge is 2.14. The fraction of sp³-hybridized carbons (Fsp3) is 0.545. The average Bonchev–Trinajstić information content (AvgIpc) is 2.89. The van der Waals surface area contributed by atoms with E-state index >= 15 is 0 Å². The molecule has 0 aliphatic carbocycles. The van der Waals surface area contributed by atoms with Gasteiger partial charge in [-0.3, -0.25) is 4.98 Å². The predicted octanol–water partition coefficient (Wildman–Crippen LogP) is 0.427. The molecule has 1 aromatic rings. The van der Waals surface area contributed by atoms with E-state index in [0.29, 0.717) is 11.9 Å². The second-order valence-corrected chi connectivity index (χ2v) is 3.96. The molecule has 1 aliphatic rings. The van der Waals surface area contributed by atoms with E-state index in [9.17, 15) is 4.79 Å². The zero-order valence-electron chi connectivity index (χ0n) is 9.77. The first-order valence-electron chi connectivity index (χ1n) is 5.67. The highest BCUT2D eigenvalue weighted by Crippen LogP contribution is 2.07. The Labute approximate surface area is 99.8 Å². The van der Waals surface area contributed by atoms with Crippen LogP contribution in [0.4, 0.5) is 5.82 Å². The Morgan fingerprint density at radius 3 is 3.24 bits per heavy atom. The standard InChI is InChI=1S/C11H16N4O2/c1-17-11(16)9-6-12-7-10(15-9)14-5-8-3-2-4-13-8/h6-8,13H,2-5H2,1H3,(H,14,15). The molecule has 2 rings (SSSR count). The van der Waals surface area contributed by atoms with E-state index in [1.54, 1.807) is 6.20 Å². The number of aromatic nitrogens is 2. The molecule has 0 aromatic carbocycles. The summed E-state index contributed by atoms with van der Waals surface area (Å²) in [4.78, 5) is 19.3. The van der Waals surface area contributed by atoms with Crippen LogP contribution in [0.2, 0.25) is 0 Å². The molecule has 1 aliphatic heterocycles. The van der Waals surface area contributed by atoms with Crippen molar-refractivity contribution in [3.63, 3.8) is 0 Å². The Hall–Kier alpha value is -1.69. The highest BCUT2D eigenvalue weighted by molar-refractivity contribution is 5.87. The van der Waals surface area contributed by atoms with Gasteiger partial charge in [0.25, 0.3) is 0 Å². The van der Waals surface area contributed by atoms with Crippen LogP contribution in [0.1, 0.15) is 23.3 Å². The van der Waals surface area contributed by atoms with Gasteiger partial charge in [-0.2, -0.15) is 0 Å². The minimum atomic E-state index is -0.472. The summed E-state index contributed by atoms with van der Waals surface area (Å²) in [5.41, 5.74) is 0.219. The molecule has 92 valence electrons. The number of nitrogens with zero attached hydrogens (tertiary/aromatic N) is 2. The van der Waals surface area contributed by atoms with Gasteiger partial charge >= 0.3 is 5.97 Å². The van der Waals surface area contributed by atoms with Gasteiger partial charge in [0.1, 0.15) is 5.82 Å². The summed E-state index contributed by atoms with van der Waals surface area (Å²) in [6.07, 6.45) is 5.36. The molecule has 0 amide bonds. The van der Waals surface area contributed by atoms with Gasteiger partial charge in [-0.15, -0.1) is 0 Å². The molecule has 1 atom stereocenters. The SMILES string of the molecule is COC(=O)c1cncc(NCC2CCCN2)n1. The van der Waals surface area contributed by atoms with Gasteiger partial charge in [0.2, 0.25) is 0 Å². The number of carbonyl (C=O) groups is 1. The summed E-state index contributed by atoms with van der Waals surface area (Å²) in [5.74, 6) is 0.127. The van der Waals surface area contributed by atoms with Crippen molar-refractivity contribution >= 4 is 11.8 Å². The number of ether oxygens (including phenoxy) is 1. The number of nitrogens with one attached hydrogen (secondary N) is 2. The maximum Gasteiger partial charge on any atom is 0.358 e. The van der Waals surface area contributed by atoms with E-state index in [1.807, 2.05) is 0 Å². The first-order valence-corrected chi connectivity index (χ1v) is 5.67. The smallest absolute Gasteiger partial charge is 0.358 e. The van der Waals surface area contributed by atoms with Crippen LogP contribution in [0.3, 0.4) is 0 Å². The number of esters is 1. The van der Waals surface area contributed by atoms with E-state index in [2.05, 4.69) is 25.3 Å². The zero-order chi connectivity index (χ0) is 12.1. The first-order chi connectivity index (χ1) is 8.29. The molecule has 0 bridgehead atoms. The van der Waals surface area contributed by atoms with E-state index in [1.165, 1.54) is 19.7 Å². The molecule has 1 saturated heterocycles.